The number of nitrogens with zero attached hydrogens (tertiary/aromatic N) is 2. The molecule has 0 spiro atoms. The Morgan fingerprint density at radius 3 is 2.75 bits per heavy atom. The van der Waals surface area contributed by atoms with Crippen molar-refractivity contribution in [3.63, 3.8) is 0 Å². The van der Waals surface area contributed by atoms with E-state index in [0.29, 0.717) is 11.4 Å². The van der Waals surface area contributed by atoms with Crippen LogP contribution < -0.4 is 0 Å². The van der Waals surface area contributed by atoms with Crippen molar-refractivity contribution >= 4 is 33.2 Å². The van der Waals surface area contributed by atoms with E-state index >= 15 is 0 Å². The average molecular weight is 332 g/mol. The first kappa shape index (κ1) is 14.7. The van der Waals surface area contributed by atoms with Crippen molar-refractivity contribution in [1.29, 1.82) is 5.26 Å². The van der Waals surface area contributed by atoms with Gasteiger partial charge in [0.1, 0.15) is 11.9 Å². The average Bonchev–Trinajstić information content (AvgIpc) is 3.05. The van der Waals surface area contributed by atoms with Gasteiger partial charge in [0.05, 0.1) is 21.6 Å². The highest BCUT2D eigenvalue weighted by atomic mass is 35.5. The van der Waals surface area contributed by atoms with E-state index in [-0.39, 0.29) is 0 Å². The fourth-order valence-electron chi connectivity index (χ4n) is 3.05. The van der Waals surface area contributed by atoms with Crippen LogP contribution in [0.2, 0.25) is 0 Å². The fourth-order valence-corrected chi connectivity index (χ4v) is 3.38. The molecular formula is C20H14ClN3. The van der Waals surface area contributed by atoms with E-state index in [9.17, 15) is 5.26 Å². The monoisotopic (exact) mass is 331 g/mol. The van der Waals surface area contributed by atoms with Crippen LogP contribution >= 0.6 is 11.6 Å². The molecule has 1 heterocycles. The Labute approximate surface area is 144 Å². The number of aromatic amines is 1. The van der Waals surface area contributed by atoms with Crippen molar-refractivity contribution in [1.82, 2.24) is 9.97 Å². The van der Waals surface area contributed by atoms with Crippen LogP contribution in [0.5, 0.6) is 0 Å². The first-order chi connectivity index (χ1) is 11.8. The zero-order valence-electron chi connectivity index (χ0n) is 12.9. The number of benzene rings is 2. The van der Waals surface area contributed by atoms with Crippen LogP contribution in [0, 0.1) is 11.3 Å². The highest BCUT2D eigenvalue weighted by molar-refractivity contribution is 6.49. The summed E-state index contributed by atoms with van der Waals surface area (Å²) >= 11 is 6.58. The number of aromatic nitrogens is 2. The molecule has 1 aromatic heterocycles. The Morgan fingerprint density at radius 1 is 1.12 bits per heavy atom. The summed E-state index contributed by atoms with van der Waals surface area (Å²) in [6.45, 7) is 0. The quantitative estimate of drug-likeness (QED) is 0.667. The second-order valence-electron chi connectivity index (χ2n) is 5.77. The van der Waals surface area contributed by atoms with Crippen molar-refractivity contribution in [2.45, 2.75) is 12.8 Å². The summed E-state index contributed by atoms with van der Waals surface area (Å²) in [7, 11) is 0. The number of para-hydroxylation sites is 2. The van der Waals surface area contributed by atoms with E-state index in [1.807, 2.05) is 48.5 Å². The number of halogens is 1. The maximum absolute atomic E-state index is 9.57. The molecule has 0 aliphatic heterocycles. The van der Waals surface area contributed by atoms with Crippen LogP contribution in [0.4, 0.5) is 0 Å². The number of aryl methyl sites for hydroxylation is 1. The van der Waals surface area contributed by atoms with E-state index in [1.54, 1.807) is 0 Å². The lowest BCUT2D eigenvalue weighted by Gasteiger charge is -2.17. The van der Waals surface area contributed by atoms with Crippen molar-refractivity contribution in [3.05, 3.63) is 77.1 Å². The van der Waals surface area contributed by atoms with Crippen molar-refractivity contribution < 1.29 is 0 Å². The molecule has 0 saturated carbocycles. The number of imidazole rings is 1. The topological polar surface area (TPSA) is 52.5 Å². The Balaban J connectivity index is 1.80. The molecule has 4 rings (SSSR count). The first-order valence-corrected chi connectivity index (χ1v) is 8.18. The summed E-state index contributed by atoms with van der Waals surface area (Å²) in [5.74, 6) is 0.578. The van der Waals surface area contributed by atoms with Gasteiger partial charge in [-0.15, -0.1) is 0 Å². The normalized spacial score (nSPS) is 14.6. The second kappa shape index (κ2) is 5.99. The van der Waals surface area contributed by atoms with Crippen molar-refractivity contribution in [3.8, 4) is 6.07 Å². The number of hydrogen-bond acceptors (Lipinski definition) is 2. The maximum Gasteiger partial charge on any atom is 0.149 e. The Kier molecular flexibility index (Phi) is 3.68. The number of hydrogen-bond donors (Lipinski definition) is 1. The summed E-state index contributed by atoms with van der Waals surface area (Å²) in [5.41, 5.74) is 5.55. The van der Waals surface area contributed by atoms with Crippen molar-refractivity contribution in [2.75, 3.05) is 0 Å². The van der Waals surface area contributed by atoms with Gasteiger partial charge >= 0.3 is 0 Å². The summed E-state index contributed by atoms with van der Waals surface area (Å²) in [6, 6.07) is 18.1. The van der Waals surface area contributed by atoms with Crippen LogP contribution in [-0.2, 0) is 6.42 Å². The van der Waals surface area contributed by atoms with Crippen LogP contribution in [-0.4, -0.2) is 9.97 Å². The summed E-state index contributed by atoms with van der Waals surface area (Å²) in [6.07, 6.45) is 3.61. The van der Waals surface area contributed by atoms with E-state index in [4.69, 9.17) is 11.6 Å². The molecule has 1 aliphatic rings. The molecule has 0 atom stereocenters. The zero-order valence-corrected chi connectivity index (χ0v) is 13.6. The Bertz CT molecular complexity index is 1000. The predicted molar refractivity (Wildman–Crippen MR) is 97.2 cm³/mol. The maximum atomic E-state index is 9.57. The molecule has 1 aliphatic carbocycles. The third-order valence-electron chi connectivity index (χ3n) is 4.28. The summed E-state index contributed by atoms with van der Waals surface area (Å²) < 4.78 is 0. The SMILES string of the molecule is N#C/C(=C/C1=C(Cl)c2ccccc2CC1)c1nc2ccccc2[nH]1. The van der Waals surface area contributed by atoms with Crippen LogP contribution in [0.3, 0.4) is 0 Å². The molecule has 3 aromatic rings. The molecule has 0 saturated heterocycles. The Morgan fingerprint density at radius 2 is 1.92 bits per heavy atom. The van der Waals surface area contributed by atoms with Crippen LogP contribution in [0.25, 0.3) is 21.6 Å². The van der Waals surface area contributed by atoms with Gasteiger partial charge in [-0.3, -0.25) is 0 Å². The molecule has 116 valence electrons. The lowest BCUT2D eigenvalue weighted by Crippen LogP contribution is -2.01. The highest BCUT2D eigenvalue weighted by Crippen LogP contribution is 2.35. The molecular weight excluding hydrogens is 318 g/mol. The molecule has 0 amide bonds. The number of rotatable bonds is 2. The first-order valence-electron chi connectivity index (χ1n) is 7.80. The van der Waals surface area contributed by atoms with Crippen LogP contribution in [0.15, 0.2) is 60.2 Å². The Hall–Kier alpha value is -2.83. The lowest BCUT2D eigenvalue weighted by molar-refractivity contribution is 0.947. The summed E-state index contributed by atoms with van der Waals surface area (Å²) in [5, 5.41) is 10.3. The van der Waals surface area contributed by atoms with Gasteiger partial charge in [0, 0.05) is 0 Å². The van der Waals surface area contributed by atoms with E-state index in [1.165, 1.54) is 5.56 Å². The molecule has 0 unspecified atom stereocenters. The van der Waals surface area contributed by atoms with E-state index in [0.717, 1.165) is 40.0 Å². The standard InChI is InChI=1S/C20H14ClN3/c21-19-14(10-9-13-5-1-2-6-16(13)19)11-15(12-22)20-23-17-7-3-4-8-18(17)24-20/h1-8,11H,9-10H2,(H,23,24)/b15-11-. The van der Waals surface area contributed by atoms with Gasteiger partial charge in [-0.05, 0) is 47.8 Å². The van der Waals surface area contributed by atoms with Crippen molar-refractivity contribution in [2.24, 2.45) is 0 Å². The fraction of sp³-hybridized carbons (Fsp3) is 0.100. The van der Waals surface area contributed by atoms with E-state index < -0.39 is 0 Å². The molecule has 24 heavy (non-hydrogen) atoms. The second-order valence-corrected chi connectivity index (χ2v) is 6.15. The molecule has 0 radical (unpaired) electrons. The minimum absolute atomic E-state index is 0.499. The van der Waals surface area contributed by atoms with Gasteiger partial charge in [-0.25, -0.2) is 4.98 Å². The highest BCUT2D eigenvalue weighted by Gasteiger charge is 2.17. The third kappa shape index (κ3) is 2.51. The minimum atomic E-state index is 0.499. The van der Waals surface area contributed by atoms with Gasteiger partial charge in [0.15, 0.2) is 0 Å². The number of allylic oxidation sites excluding steroid dienone is 3. The van der Waals surface area contributed by atoms with Gasteiger partial charge in [-0.1, -0.05) is 48.0 Å². The largest absolute Gasteiger partial charge is 0.337 e. The minimum Gasteiger partial charge on any atom is -0.337 e. The van der Waals surface area contributed by atoms with Gasteiger partial charge < -0.3 is 4.98 Å². The smallest absolute Gasteiger partial charge is 0.149 e. The molecule has 1 N–H and O–H groups in total. The number of nitrogens with one attached hydrogen (secondary N) is 1. The number of fused-ring (bicyclic) bond motifs is 2. The van der Waals surface area contributed by atoms with E-state index in [2.05, 4.69) is 22.1 Å². The van der Waals surface area contributed by atoms with Gasteiger partial charge in [-0.2, -0.15) is 5.26 Å². The molecule has 2 aromatic carbocycles. The summed E-state index contributed by atoms with van der Waals surface area (Å²) in [4.78, 5) is 7.71. The number of nitriles is 1. The van der Waals surface area contributed by atoms with Crippen LogP contribution in [0.1, 0.15) is 23.4 Å². The van der Waals surface area contributed by atoms with Gasteiger partial charge in [0.2, 0.25) is 0 Å². The molecule has 0 fully saturated rings. The third-order valence-corrected chi connectivity index (χ3v) is 4.73. The number of H-pyrrole nitrogens is 1. The molecule has 0 bridgehead atoms. The molecule has 4 heteroatoms. The lowest BCUT2D eigenvalue weighted by atomic mass is 9.91. The predicted octanol–water partition coefficient (Wildman–Crippen LogP) is 5.07. The zero-order chi connectivity index (χ0) is 16.5. The van der Waals surface area contributed by atoms with Gasteiger partial charge in [0.25, 0.3) is 0 Å². The molecule has 3 nitrogen and oxygen atoms in total.